The predicted molar refractivity (Wildman–Crippen MR) is 63.8 cm³/mol. The molecule has 1 fully saturated rings. The highest BCUT2D eigenvalue weighted by Gasteiger charge is 2.35. The van der Waals surface area contributed by atoms with Crippen LogP contribution in [-0.4, -0.2) is 18.8 Å². The Labute approximate surface area is 96.6 Å². The highest BCUT2D eigenvalue weighted by Crippen LogP contribution is 2.26. The van der Waals surface area contributed by atoms with Crippen molar-refractivity contribution in [2.24, 2.45) is 0 Å². The monoisotopic (exact) mass is 220 g/mol. The van der Waals surface area contributed by atoms with Crippen LogP contribution in [0.4, 0.5) is 0 Å². The lowest BCUT2D eigenvalue weighted by Gasteiger charge is -2.37. The summed E-state index contributed by atoms with van der Waals surface area (Å²) in [6.45, 7) is 6.25. The van der Waals surface area contributed by atoms with Crippen LogP contribution >= 0.6 is 0 Å². The maximum absolute atomic E-state index is 5.80. The standard InChI is InChI=1S/C12H17BO3/c1-10-8-12(2,3)16-13(15-10)6-4-11-5-7-14-9-11/h4-7,9-10H,8H2,1-3H3/b6-4+. The van der Waals surface area contributed by atoms with Crippen molar-refractivity contribution < 1.29 is 13.7 Å². The molecule has 0 spiro atoms. The largest absolute Gasteiger partial charge is 0.486 e. The van der Waals surface area contributed by atoms with Gasteiger partial charge in [-0.25, -0.2) is 0 Å². The van der Waals surface area contributed by atoms with Gasteiger partial charge in [-0.1, -0.05) is 12.1 Å². The van der Waals surface area contributed by atoms with Gasteiger partial charge in [-0.3, -0.25) is 0 Å². The summed E-state index contributed by atoms with van der Waals surface area (Å²) in [7, 11) is -0.270. The minimum Gasteiger partial charge on any atom is -0.472 e. The molecule has 86 valence electrons. The fraction of sp³-hybridized carbons (Fsp3) is 0.500. The molecule has 2 heterocycles. The Balaban J connectivity index is 1.99. The van der Waals surface area contributed by atoms with Gasteiger partial charge >= 0.3 is 7.12 Å². The van der Waals surface area contributed by atoms with Gasteiger partial charge in [0.25, 0.3) is 0 Å². The third-order valence-corrected chi connectivity index (χ3v) is 2.57. The quantitative estimate of drug-likeness (QED) is 0.718. The molecule has 1 unspecified atom stereocenters. The molecule has 1 aliphatic heterocycles. The van der Waals surface area contributed by atoms with Crippen molar-refractivity contribution in [3.63, 3.8) is 0 Å². The van der Waals surface area contributed by atoms with Crippen molar-refractivity contribution in [2.75, 3.05) is 0 Å². The molecule has 1 saturated heterocycles. The topological polar surface area (TPSA) is 31.6 Å². The van der Waals surface area contributed by atoms with Crippen molar-refractivity contribution in [1.82, 2.24) is 0 Å². The first-order valence-corrected chi connectivity index (χ1v) is 5.59. The smallest absolute Gasteiger partial charge is 0.472 e. The van der Waals surface area contributed by atoms with E-state index < -0.39 is 0 Å². The number of hydrogen-bond acceptors (Lipinski definition) is 3. The van der Waals surface area contributed by atoms with Crippen LogP contribution in [0, 0.1) is 0 Å². The molecule has 0 amide bonds. The first-order valence-electron chi connectivity index (χ1n) is 5.59. The summed E-state index contributed by atoms with van der Waals surface area (Å²) in [4.78, 5) is 0. The van der Waals surface area contributed by atoms with Crippen molar-refractivity contribution in [3.8, 4) is 0 Å². The average molecular weight is 220 g/mol. The second kappa shape index (κ2) is 4.48. The molecule has 4 heteroatoms. The number of rotatable bonds is 2. The van der Waals surface area contributed by atoms with Gasteiger partial charge in [-0.05, 0) is 33.3 Å². The Kier molecular flexibility index (Phi) is 3.21. The fourth-order valence-corrected chi connectivity index (χ4v) is 2.00. The average Bonchev–Trinajstić information content (AvgIpc) is 2.63. The van der Waals surface area contributed by atoms with E-state index in [1.165, 1.54) is 0 Å². The molecule has 1 aromatic rings. The molecule has 0 aromatic carbocycles. The molecule has 1 atom stereocenters. The summed E-state index contributed by atoms with van der Waals surface area (Å²) in [6, 6.07) is 1.90. The molecule has 0 N–H and O–H groups in total. The predicted octanol–water partition coefficient (Wildman–Crippen LogP) is 2.92. The summed E-state index contributed by atoms with van der Waals surface area (Å²) >= 11 is 0. The second-order valence-electron chi connectivity index (χ2n) is 4.81. The number of hydrogen-bond donors (Lipinski definition) is 0. The minimum atomic E-state index is -0.270. The first-order chi connectivity index (χ1) is 7.55. The normalized spacial score (nSPS) is 25.2. The molecule has 3 nitrogen and oxygen atoms in total. The SMILES string of the molecule is CC1CC(C)(C)OB(/C=C/c2ccoc2)O1. The highest BCUT2D eigenvalue weighted by molar-refractivity contribution is 6.52. The molecule has 2 rings (SSSR count). The molecule has 0 aliphatic carbocycles. The fourth-order valence-electron chi connectivity index (χ4n) is 2.00. The first kappa shape index (κ1) is 11.5. The minimum absolute atomic E-state index is 0.122. The van der Waals surface area contributed by atoms with Gasteiger partial charge in [-0.15, -0.1) is 0 Å². The van der Waals surface area contributed by atoms with E-state index >= 15 is 0 Å². The maximum Gasteiger partial charge on any atom is 0.486 e. The maximum atomic E-state index is 5.80. The van der Waals surface area contributed by atoms with E-state index in [1.54, 1.807) is 12.5 Å². The van der Waals surface area contributed by atoms with Gasteiger partial charge in [0, 0.05) is 11.7 Å². The van der Waals surface area contributed by atoms with Gasteiger partial charge in [0.1, 0.15) is 0 Å². The van der Waals surface area contributed by atoms with E-state index in [9.17, 15) is 0 Å². The summed E-state index contributed by atoms with van der Waals surface area (Å²) < 4.78 is 16.5. The zero-order chi connectivity index (χ0) is 11.6. The van der Waals surface area contributed by atoms with Gasteiger partial charge in [-0.2, -0.15) is 0 Å². The van der Waals surface area contributed by atoms with Crippen molar-refractivity contribution in [3.05, 3.63) is 30.1 Å². The second-order valence-corrected chi connectivity index (χ2v) is 4.81. The number of furan rings is 1. The van der Waals surface area contributed by atoms with Crippen LogP contribution in [0.15, 0.2) is 29.0 Å². The summed E-state index contributed by atoms with van der Waals surface area (Å²) in [6.07, 6.45) is 6.43. The molecule has 0 radical (unpaired) electrons. The Hall–Kier alpha value is -0.995. The lowest BCUT2D eigenvalue weighted by Crippen LogP contribution is -2.45. The highest BCUT2D eigenvalue weighted by atomic mass is 16.6. The van der Waals surface area contributed by atoms with E-state index in [2.05, 4.69) is 20.8 Å². The molecular formula is C12H17BO3. The lowest BCUT2D eigenvalue weighted by molar-refractivity contribution is -0.0235. The lowest BCUT2D eigenvalue weighted by atomic mass is 9.82. The van der Waals surface area contributed by atoms with Crippen molar-refractivity contribution in [1.29, 1.82) is 0 Å². The van der Waals surface area contributed by atoms with Crippen molar-refractivity contribution >= 4 is 13.2 Å². The Morgan fingerprint density at radius 1 is 1.50 bits per heavy atom. The molecule has 0 bridgehead atoms. The van der Waals surface area contributed by atoms with E-state index in [0.717, 1.165) is 12.0 Å². The van der Waals surface area contributed by atoms with Crippen LogP contribution in [-0.2, 0) is 9.31 Å². The third kappa shape index (κ3) is 3.00. The van der Waals surface area contributed by atoms with Crippen molar-refractivity contribution in [2.45, 2.75) is 38.9 Å². The van der Waals surface area contributed by atoms with Crippen LogP contribution in [0.1, 0.15) is 32.8 Å². The molecule has 1 aliphatic rings. The van der Waals surface area contributed by atoms with Gasteiger partial charge in [0.15, 0.2) is 0 Å². The van der Waals surface area contributed by atoms with E-state index in [-0.39, 0.29) is 18.8 Å². The molecule has 1 aromatic heterocycles. The third-order valence-electron chi connectivity index (χ3n) is 2.57. The summed E-state index contributed by atoms with van der Waals surface area (Å²) in [5.74, 6) is 1.92. The van der Waals surface area contributed by atoms with E-state index in [4.69, 9.17) is 13.7 Å². The molecule has 16 heavy (non-hydrogen) atoms. The Bertz CT molecular complexity index is 356. The Morgan fingerprint density at radius 3 is 2.94 bits per heavy atom. The van der Waals surface area contributed by atoms with Crippen LogP contribution < -0.4 is 0 Å². The molecular weight excluding hydrogens is 203 g/mol. The zero-order valence-corrected chi connectivity index (χ0v) is 9.97. The zero-order valence-electron chi connectivity index (χ0n) is 9.97. The van der Waals surface area contributed by atoms with Gasteiger partial charge in [0.2, 0.25) is 0 Å². The summed E-state index contributed by atoms with van der Waals surface area (Å²) in [5, 5.41) is 0. The molecule has 0 saturated carbocycles. The van der Waals surface area contributed by atoms with Crippen LogP contribution in [0.5, 0.6) is 0 Å². The van der Waals surface area contributed by atoms with E-state index in [0.29, 0.717) is 0 Å². The van der Waals surface area contributed by atoms with Crippen LogP contribution in [0.25, 0.3) is 6.08 Å². The van der Waals surface area contributed by atoms with Gasteiger partial charge < -0.3 is 13.7 Å². The van der Waals surface area contributed by atoms with Crippen LogP contribution in [0.3, 0.4) is 0 Å². The van der Waals surface area contributed by atoms with Crippen LogP contribution in [0.2, 0.25) is 0 Å². The summed E-state index contributed by atoms with van der Waals surface area (Å²) in [5.41, 5.74) is 0.895. The van der Waals surface area contributed by atoms with Gasteiger partial charge in [0.05, 0.1) is 18.1 Å². The Morgan fingerprint density at radius 2 is 2.31 bits per heavy atom. The van der Waals surface area contributed by atoms with E-state index in [1.807, 2.05) is 18.1 Å².